The van der Waals surface area contributed by atoms with Gasteiger partial charge in [-0.15, -0.1) is 5.10 Å². The normalized spacial score (nSPS) is 12.4. The predicted octanol–water partition coefficient (Wildman–Crippen LogP) is 4.74. The molecule has 182 valence electrons. The second-order valence-corrected chi connectivity index (χ2v) is 8.00. The van der Waals surface area contributed by atoms with Crippen LogP contribution in [-0.4, -0.2) is 48.0 Å². The average Bonchev–Trinajstić information content (AvgIpc) is 3.23. The number of nitrogens with one attached hydrogen (secondary N) is 1. The van der Waals surface area contributed by atoms with Crippen LogP contribution in [0.15, 0.2) is 24.4 Å². The van der Waals surface area contributed by atoms with Gasteiger partial charge in [0, 0.05) is 24.6 Å². The first-order valence-corrected chi connectivity index (χ1v) is 10.6. The largest absolute Gasteiger partial charge is 0.496 e. The summed E-state index contributed by atoms with van der Waals surface area (Å²) >= 11 is 0.930. The SMILES string of the molecule is COc1ccc(C(F)(F)F)c(F)c1-c1cc(C)ncc1C(=O)Nc1nnc(OCC(C)OC)s1. The molecule has 3 aromatic rings. The number of carbonyl (C=O) groups excluding carboxylic acids is 1. The third-order valence-corrected chi connectivity index (χ3v) is 5.41. The van der Waals surface area contributed by atoms with E-state index in [0.29, 0.717) is 11.8 Å². The van der Waals surface area contributed by atoms with Gasteiger partial charge in [-0.05, 0) is 43.4 Å². The minimum Gasteiger partial charge on any atom is -0.496 e. The van der Waals surface area contributed by atoms with E-state index in [1.54, 1.807) is 13.8 Å². The number of halogens is 4. The molecule has 0 radical (unpaired) electrons. The smallest absolute Gasteiger partial charge is 0.419 e. The summed E-state index contributed by atoms with van der Waals surface area (Å²) < 4.78 is 70.7. The molecule has 0 aliphatic heterocycles. The Hall–Kier alpha value is -3.32. The summed E-state index contributed by atoms with van der Waals surface area (Å²) in [5.74, 6) is -2.52. The van der Waals surface area contributed by atoms with Crippen LogP contribution in [0.3, 0.4) is 0 Å². The van der Waals surface area contributed by atoms with Gasteiger partial charge in [-0.3, -0.25) is 15.1 Å². The number of hydrogen-bond acceptors (Lipinski definition) is 8. The molecule has 0 aliphatic rings. The zero-order chi connectivity index (χ0) is 25.0. The third kappa shape index (κ3) is 5.59. The van der Waals surface area contributed by atoms with Crippen LogP contribution in [0, 0.1) is 12.7 Å². The number of aryl methyl sites for hydroxylation is 1. The van der Waals surface area contributed by atoms with Crippen molar-refractivity contribution >= 4 is 22.4 Å². The quantitative estimate of drug-likeness (QED) is 0.447. The highest BCUT2D eigenvalue weighted by atomic mass is 32.1. The molecule has 0 saturated heterocycles. The van der Waals surface area contributed by atoms with Crippen molar-refractivity contribution in [2.24, 2.45) is 0 Å². The Morgan fingerprint density at radius 2 is 1.97 bits per heavy atom. The molecule has 1 aromatic carbocycles. The summed E-state index contributed by atoms with van der Waals surface area (Å²) in [6, 6.07) is 2.88. The molecular formula is C21H20F4N4O4S. The molecule has 0 spiro atoms. The standard InChI is InChI=1S/C21H20F4N4O4S/c1-10-7-12(16-15(32-4)6-5-14(17(16)22)21(23,24)25)13(8-26-10)18(30)27-19-28-29-20(34-19)33-9-11(2)31-3/h5-8,11H,9H2,1-4H3,(H,27,28,30). The van der Waals surface area contributed by atoms with Crippen molar-refractivity contribution in [3.8, 4) is 22.1 Å². The number of alkyl halides is 3. The Morgan fingerprint density at radius 3 is 2.62 bits per heavy atom. The second-order valence-electron chi connectivity index (χ2n) is 7.06. The van der Waals surface area contributed by atoms with Crippen molar-refractivity contribution in [3.05, 3.63) is 47.0 Å². The van der Waals surface area contributed by atoms with Crippen molar-refractivity contribution in [3.63, 3.8) is 0 Å². The summed E-state index contributed by atoms with van der Waals surface area (Å²) in [6.45, 7) is 3.55. The second kappa shape index (κ2) is 10.3. The summed E-state index contributed by atoms with van der Waals surface area (Å²) in [4.78, 5) is 17.0. The number of hydrogen-bond donors (Lipinski definition) is 1. The molecule has 1 amide bonds. The van der Waals surface area contributed by atoms with E-state index >= 15 is 4.39 Å². The lowest BCUT2D eigenvalue weighted by Crippen LogP contribution is -2.15. The number of anilines is 1. The molecule has 1 unspecified atom stereocenters. The molecule has 2 aromatic heterocycles. The molecule has 8 nitrogen and oxygen atoms in total. The Balaban J connectivity index is 1.98. The van der Waals surface area contributed by atoms with Crippen LogP contribution >= 0.6 is 11.3 Å². The van der Waals surface area contributed by atoms with Crippen molar-refractivity contribution in [1.29, 1.82) is 0 Å². The predicted molar refractivity (Wildman–Crippen MR) is 116 cm³/mol. The lowest BCUT2D eigenvalue weighted by molar-refractivity contribution is -0.139. The van der Waals surface area contributed by atoms with Gasteiger partial charge in [0.2, 0.25) is 5.13 Å². The first kappa shape index (κ1) is 25.3. The fourth-order valence-electron chi connectivity index (χ4n) is 2.89. The summed E-state index contributed by atoms with van der Waals surface area (Å²) in [6.07, 6.45) is -4.00. The van der Waals surface area contributed by atoms with Gasteiger partial charge in [0.1, 0.15) is 18.2 Å². The third-order valence-electron chi connectivity index (χ3n) is 4.65. The van der Waals surface area contributed by atoms with E-state index in [1.165, 1.54) is 20.3 Å². The molecule has 0 fully saturated rings. The first-order valence-electron chi connectivity index (χ1n) is 9.76. The number of aromatic nitrogens is 3. The van der Waals surface area contributed by atoms with Crippen LogP contribution in [0.25, 0.3) is 11.1 Å². The van der Waals surface area contributed by atoms with Crippen LogP contribution in [0.5, 0.6) is 10.9 Å². The molecule has 1 N–H and O–H groups in total. The molecule has 0 bridgehead atoms. The maximum absolute atomic E-state index is 15.1. The number of ether oxygens (including phenoxy) is 3. The fraction of sp³-hybridized carbons (Fsp3) is 0.333. The van der Waals surface area contributed by atoms with Crippen LogP contribution in [0.2, 0.25) is 0 Å². The van der Waals surface area contributed by atoms with Crippen molar-refractivity contribution in [2.75, 3.05) is 26.1 Å². The van der Waals surface area contributed by atoms with Crippen LogP contribution < -0.4 is 14.8 Å². The molecule has 1 atom stereocenters. The summed E-state index contributed by atoms with van der Waals surface area (Å²) in [7, 11) is 2.71. The summed E-state index contributed by atoms with van der Waals surface area (Å²) in [5.41, 5.74) is -1.96. The number of benzene rings is 1. The fourth-order valence-corrected chi connectivity index (χ4v) is 3.49. The van der Waals surface area contributed by atoms with Gasteiger partial charge in [-0.1, -0.05) is 5.10 Å². The van der Waals surface area contributed by atoms with Gasteiger partial charge in [-0.2, -0.15) is 13.2 Å². The van der Waals surface area contributed by atoms with Crippen LogP contribution in [0.4, 0.5) is 22.7 Å². The van der Waals surface area contributed by atoms with Crippen molar-refractivity contribution in [2.45, 2.75) is 26.1 Å². The maximum Gasteiger partial charge on any atom is 0.419 e. The van der Waals surface area contributed by atoms with Gasteiger partial charge in [0.25, 0.3) is 11.1 Å². The van der Waals surface area contributed by atoms with Crippen LogP contribution in [-0.2, 0) is 10.9 Å². The number of nitrogens with zero attached hydrogens (tertiary/aromatic N) is 3. The Labute approximate surface area is 195 Å². The van der Waals surface area contributed by atoms with E-state index in [-0.39, 0.29) is 39.9 Å². The highest BCUT2D eigenvalue weighted by Crippen LogP contribution is 2.41. The molecule has 2 heterocycles. The number of methoxy groups -OCH3 is 2. The maximum atomic E-state index is 15.1. The number of pyridine rings is 1. The summed E-state index contributed by atoms with van der Waals surface area (Å²) in [5, 5.41) is 10.3. The Morgan fingerprint density at radius 1 is 1.24 bits per heavy atom. The average molecular weight is 500 g/mol. The molecule has 13 heteroatoms. The lowest BCUT2D eigenvalue weighted by Gasteiger charge is -2.17. The first-order chi connectivity index (χ1) is 16.0. The van der Waals surface area contributed by atoms with Gasteiger partial charge < -0.3 is 14.2 Å². The zero-order valence-electron chi connectivity index (χ0n) is 18.5. The van der Waals surface area contributed by atoms with Gasteiger partial charge in [0.05, 0.1) is 29.9 Å². The molecule has 0 aliphatic carbocycles. The number of amides is 1. The molecule has 34 heavy (non-hydrogen) atoms. The van der Waals surface area contributed by atoms with Gasteiger partial charge in [-0.25, -0.2) is 4.39 Å². The molecular weight excluding hydrogens is 480 g/mol. The minimum atomic E-state index is -4.95. The van der Waals surface area contributed by atoms with Crippen molar-refractivity contribution < 1.29 is 36.6 Å². The lowest BCUT2D eigenvalue weighted by atomic mass is 9.96. The zero-order valence-corrected chi connectivity index (χ0v) is 19.3. The topological polar surface area (TPSA) is 95.5 Å². The number of rotatable bonds is 8. The Bertz CT molecular complexity index is 1190. The van der Waals surface area contributed by atoms with Gasteiger partial charge >= 0.3 is 6.18 Å². The van der Waals surface area contributed by atoms with E-state index in [1.807, 2.05) is 0 Å². The Kier molecular flexibility index (Phi) is 7.67. The van der Waals surface area contributed by atoms with E-state index in [0.717, 1.165) is 23.6 Å². The molecule has 0 saturated carbocycles. The van der Waals surface area contributed by atoms with E-state index in [4.69, 9.17) is 14.2 Å². The highest BCUT2D eigenvalue weighted by molar-refractivity contribution is 7.17. The monoisotopic (exact) mass is 500 g/mol. The highest BCUT2D eigenvalue weighted by Gasteiger charge is 2.37. The van der Waals surface area contributed by atoms with Crippen LogP contribution in [0.1, 0.15) is 28.5 Å². The minimum absolute atomic E-state index is 0.0630. The van der Waals surface area contributed by atoms with E-state index in [9.17, 15) is 18.0 Å². The molecule has 3 rings (SSSR count). The van der Waals surface area contributed by atoms with Crippen molar-refractivity contribution in [1.82, 2.24) is 15.2 Å². The van der Waals surface area contributed by atoms with E-state index < -0.39 is 29.0 Å². The van der Waals surface area contributed by atoms with Gasteiger partial charge in [0.15, 0.2) is 0 Å². The van der Waals surface area contributed by atoms with E-state index in [2.05, 4.69) is 20.5 Å². The number of carbonyl (C=O) groups is 1.